The molecule has 1 amide bonds. The van der Waals surface area contributed by atoms with E-state index in [1.54, 1.807) is 7.05 Å². The van der Waals surface area contributed by atoms with E-state index >= 15 is 0 Å². The number of aromatic nitrogens is 1. The van der Waals surface area contributed by atoms with E-state index in [9.17, 15) is 18.0 Å². The van der Waals surface area contributed by atoms with Crippen molar-refractivity contribution in [3.05, 3.63) is 77.5 Å². The van der Waals surface area contributed by atoms with E-state index in [1.807, 2.05) is 48.0 Å². The lowest BCUT2D eigenvalue weighted by Gasteiger charge is -2.27. The van der Waals surface area contributed by atoms with Gasteiger partial charge in [0, 0.05) is 37.3 Å². The second-order valence-corrected chi connectivity index (χ2v) is 8.80. The van der Waals surface area contributed by atoms with Crippen LogP contribution in [0.4, 0.5) is 18.9 Å². The third-order valence-electron chi connectivity index (χ3n) is 5.15. The fourth-order valence-electron chi connectivity index (χ4n) is 3.57. The summed E-state index contributed by atoms with van der Waals surface area (Å²) in [6, 6.07) is 14.8. The quantitative estimate of drug-likeness (QED) is 0.569. The molecule has 2 heterocycles. The van der Waals surface area contributed by atoms with Gasteiger partial charge in [-0.05, 0) is 36.8 Å². The van der Waals surface area contributed by atoms with Crippen LogP contribution >= 0.6 is 11.8 Å². The van der Waals surface area contributed by atoms with Gasteiger partial charge in [0.05, 0.1) is 21.8 Å². The first-order chi connectivity index (χ1) is 15.2. The average molecular weight is 461 g/mol. The van der Waals surface area contributed by atoms with E-state index < -0.39 is 11.7 Å². The number of carbonyl (C=O) groups excluding carboxylic acids is 1. The number of nitrogens with zero attached hydrogens (tertiary/aromatic N) is 2. The lowest BCUT2D eigenvalue weighted by Crippen LogP contribution is -2.48. The molecular weight excluding hydrogens is 437 g/mol. The van der Waals surface area contributed by atoms with Crippen molar-refractivity contribution in [3.8, 4) is 0 Å². The molecule has 0 spiro atoms. The number of hydrogen-bond donors (Lipinski definition) is 2. The van der Waals surface area contributed by atoms with Gasteiger partial charge in [-0.25, -0.2) is 5.43 Å². The summed E-state index contributed by atoms with van der Waals surface area (Å²) in [6.07, 6.45) is -2.51. The Morgan fingerprint density at radius 1 is 1.09 bits per heavy atom. The molecule has 0 radical (unpaired) electrons. The highest BCUT2D eigenvalue weighted by Gasteiger charge is 2.31. The van der Waals surface area contributed by atoms with Crippen LogP contribution in [0.5, 0.6) is 0 Å². The SMILES string of the molecule is CC1CNc2cn(Cc3ccc(C(F)(F)F)cc3)c(Sc3ccccc3)c2C(=O)N(C)N1. The number of fused-ring (bicyclic) bond motifs is 1. The third-order valence-corrected chi connectivity index (χ3v) is 6.29. The number of benzene rings is 2. The molecular formula is C23H23F3N4OS. The van der Waals surface area contributed by atoms with Crippen molar-refractivity contribution >= 4 is 23.4 Å². The number of anilines is 1. The number of halogens is 3. The molecule has 4 rings (SSSR count). The molecule has 32 heavy (non-hydrogen) atoms. The Balaban J connectivity index is 1.75. The highest BCUT2D eigenvalue weighted by Crippen LogP contribution is 2.37. The monoisotopic (exact) mass is 460 g/mol. The third kappa shape index (κ3) is 4.78. The number of hydrazine groups is 1. The minimum atomic E-state index is -4.37. The fourth-order valence-corrected chi connectivity index (χ4v) is 4.62. The van der Waals surface area contributed by atoms with E-state index in [2.05, 4.69) is 10.7 Å². The number of alkyl halides is 3. The Morgan fingerprint density at radius 2 is 1.78 bits per heavy atom. The van der Waals surface area contributed by atoms with Gasteiger partial charge < -0.3 is 9.88 Å². The molecule has 3 aromatic rings. The average Bonchev–Trinajstić information content (AvgIpc) is 3.08. The molecule has 0 saturated carbocycles. The molecule has 2 aromatic carbocycles. The molecule has 9 heteroatoms. The number of carbonyl (C=O) groups is 1. The zero-order chi connectivity index (χ0) is 22.9. The molecule has 5 nitrogen and oxygen atoms in total. The lowest BCUT2D eigenvalue weighted by atomic mass is 10.1. The second kappa shape index (κ2) is 8.91. The van der Waals surface area contributed by atoms with E-state index in [4.69, 9.17) is 0 Å². The predicted octanol–water partition coefficient (Wildman–Crippen LogP) is 5.10. The highest BCUT2D eigenvalue weighted by atomic mass is 32.2. The van der Waals surface area contributed by atoms with E-state index in [0.29, 0.717) is 29.9 Å². The normalized spacial score (nSPS) is 16.8. The maximum atomic E-state index is 13.2. The van der Waals surface area contributed by atoms with Gasteiger partial charge in [0.15, 0.2) is 0 Å². The molecule has 1 unspecified atom stereocenters. The molecule has 1 aliphatic rings. The van der Waals surface area contributed by atoms with Crippen molar-refractivity contribution in [1.29, 1.82) is 0 Å². The number of amides is 1. The molecule has 1 aliphatic heterocycles. The van der Waals surface area contributed by atoms with Crippen LogP contribution in [0.15, 0.2) is 70.7 Å². The highest BCUT2D eigenvalue weighted by molar-refractivity contribution is 7.99. The Labute approximate surface area is 188 Å². The summed E-state index contributed by atoms with van der Waals surface area (Å²) in [5, 5.41) is 5.55. The minimum Gasteiger partial charge on any atom is -0.382 e. The maximum Gasteiger partial charge on any atom is 0.416 e. The van der Waals surface area contributed by atoms with E-state index in [0.717, 1.165) is 22.1 Å². The smallest absolute Gasteiger partial charge is 0.382 e. The molecule has 168 valence electrons. The predicted molar refractivity (Wildman–Crippen MR) is 119 cm³/mol. The van der Waals surface area contributed by atoms with Gasteiger partial charge in [-0.1, -0.05) is 42.1 Å². The van der Waals surface area contributed by atoms with Gasteiger partial charge >= 0.3 is 6.18 Å². The Hall–Kier alpha value is -2.91. The van der Waals surface area contributed by atoms with Gasteiger partial charge in [-0.2, -0.15) is 13.2 Å². The maximum absolute atomic E-state index is 13.2. The summed E-state index contributed by atoms with van der Waals surface area (Å²) in [5.74, 6) is -0.177. The summed E-state index contributed by atoms with van der Waals surface area (Å²) in [7, 11) is 1.69. The van der Waals surface area contributed by atoms with E-state index in [1.165, 1.54) is 28.9 Å². The Kier molecular flexibility index (Phi) is 6.21. The number of rotatable bonds is 4. The van der Waals surface area contributed by atoms with Crippen LogP contribution in [0.25, 0.3) is 0 Å². The van der Waals surface area contributed by atoms with Gasteiger partial charge in [0.1, 0.15) is 0 Å². The van der Waals surface area contributed by atoms with Crippen LogP contribution in [0, 0.1) is 0 Å². The first-order valence-electron chi connectivity index (χ1n) is 10.1. The Bertz CT molecular complexity index is 1100. The number of hydrogen-bond acceptors (Lipinski definition) is 4. The Morgan fingerprint density at radius 3 is 2.44 bits per heavy atom. The van der Waals surface area contributed by atoms with E-state index in [-0.39, 0.29) is 11.9 Å². The molecule has 0 fully saturated rings. The topological polar surface area (TPSA) is 49.3 Å². The molecule has 1 aromatic heterocycles. The summed E-state index contributed by atoms with van der Waals surface area (Å²) < 4.78 is 40.7. The van der Waals surface area contributed by atoms with Crippen LogP contribution in [-0.2, 0) is 12.7 Å². The zero-order valence-corrected chi connectivity index (χ0v) is 18.4. The first-order valence-corrected chi connectivity index (χ1v) is 10.9. The van der Waals surface area contributed by atoms with Crippen LogP contribution in [0.2, 0.25) is 0 Å². The first kappa shape index (κ1) is 22.3. The molecule has 0 bridgehead atoms. The van der Waals surface area contributed by atoms with Crippen LogP contribution in [-0.4, -0.2) is 35.1 Å². The summed E-state index contributed by atoms with van der Waals surface area (Å²) in [4.78, 5) is 14.2. The molecule has 0 saturated heterocycles. The molecule has 2 N–H and O–H groups in total. The summed E-state index contributed by atoms with van der Waals surface area (Å²) in [5.41, 5.74) is 4.41. The van der Waals surface area contributed by atoms with Gasteiger partial charge in [0.2, 0.25) is 0 Å². The second-order valence-electron chi connectivity index (χ2n) is 7.74. The van der Waals surface area contributed by atoms with Crippen molar-refractivity contribution in [3.63, 3.8) is 0 Å². The molecule has 1 atom stereocenters. The largest absolute Gasteiger partial charge is 0.416 e. The van der Waals surface area contributed by atoms with Gasteiger partial charge in [-0.15, -0.1) is 0 Å². The standard InChI is InChI=1S/C23H23F3N4OS/c1-15-12-27-19-14-30(13-16-8-10-17(11-9-16)23(24,25)26)22(20(19)21(31)29(2)28-15)32-18-6-4-3-5-7-18/h3-11,14-15,27-28H,12-13H2,1-2H3. The van der Waals surface area contributed by atoms with Gasteiger partial charge in [-0.3, -0.25) is 9.80 Å². The summed E-state index contributed by atoms with van der Waals surface area (Å²) in [6.45, 7) is 2.92. The van der Waals surface area contributed by atoms with Crippen molar-refractivity contribution in [2.45, 2.75) is 35.6 Å². The van der Waals surface area contributed by atoms with Crippen LogP contribution < -0.4 is 10.7 Å². The fraction of sp³-hybridized carbons (Fsp3) is 0.261. The van der Waals surface area contributed by atoms with Crippen LogP contribution in [0.3, 0.4) is 0 Å². The summed E-state index contributed by atoms with van der Waals surface area (Å²) >= 11 is 1.45. The van der Waals surface area contributed by atoms with Crippen LogP contribution in [0.1, 0.15) is 28.4 Å². The molecule has 0 aliphatic carbocycles. The van der Waals surface area contributed by atoms with Crippen molar-refractivity contribution in [1.82, 2.24) is 15.0 Å². The zero-order valence-electron chi connectivity index (χ0n) is 17.6. The van der Waals surface area contributed by atoms with Crippen molar-refractivity contribution in [2.75, 3.05) is 18.9 Å². The lowest BCUT2D eigenvalue weighted by molar-refractivity contribution is -0.137. The van der Waals surface area contributed by atoms with Crippen molar-refractivity contribution < 1.29 is 18.0 Å². The number of nitrogens with one attached hydrogen (secondary N) is 2. The van der Waals surface area contributed by atoms with Gasteiger partial charge in [0.25, 0.3) is 5.91 Å². The van der Waals surface area contributed by atoms with Crippen molar-refractivity contribution in [2.24, 2.45) is 0 Å². The minimum absolute atomic E-state index is 0.0422.